The van der Waals surface area contributed by atoms with Gasteiger partial charge in [0, 0.05) is 6.04 Å². The second-order valence-electron chi connectivity index (χ2n) is 8.49. The van der Waals surface area contributed by atoms with Gasteiger partial charge < -0.3 is 4.74 Å². The SMILES string of the molecule is CC(C)(C)OC(=O)C1CCCCCCN1C1CCCCCCC1. The molecule has 1 atom stereocenters. The highest BCUT2D eigenvalue weighted by Gasteiger charge is 2.34. The first kappa shape index (κ1) is 18.8. The van der Waals surface area contributed by atoms with E-state index in [-0.39, 0.29) is 17.6 Å². The fourth-order valence-corrected chi connectivity index (χ4v) is 4.13. The maximum Gasteiger partial charge on any atom is 0.323 e. The number of hydrogen-bond donors (Lipinski definition) is 0. The number of carbonyl (C=O) groups is 1. The van der Waals surface area contributed by atoms with Crippen LogP contribution in [0.15, 0.2) is 0 Å². The largest absolute Gasteiger partial charge is 0.459 e. The van der Waals surface area contributed by atoms with Crippen LogP contribution < -0.4 is 0 Å². The lowest BCUT2D eigenvalue weighted by atomic mass is 9.92. The average Bonchev–Trinajstić information content (AvgIpc) is 2.37. The Morgan fingerprint density at radius 2 is 1.35 bits per heavy atom. The molecule has 3 nitrogen and oxygen atoms in total. The monoisotopic (exact) mass is 323 g/mol. The van der Waals surface area contributed by atoms with E-state index in [1.165, 1.54) is 64.2 Å². The summed E-state index contributed by atoms with van der Waals surface area (Å²) in [7, 11) is 0. The number of ether oxygens (including phenoxy) is 1. The second kappa shape index (κ2) is 9.05. The first-order valence-electron chi connectivity index (χ1n) is 9.96. The summed E-state index contributed by atoms with van der Waals surface area (Å²) in [6.45, 7) is 7.02. The van der Waals surface area contributed by atoms with Crippen molar-refractivity contribution in [3.8, 4) is 0 Å². The molecule has 1 heterocycles. The average molecular weight is 324 g/mol. The zero-order valence-corrected chi connectivity index (χ0v) is 15.6. The van der Waals surface area contributed by atoms with Crippen LogP contribution in [0.1, 0.15) is 97.8 Å². The molecule has 0 bridgehead atoms. The number of hydrogen-bond acceptors (Lipinski definition) is 3. The van der Waals surface area contributed by atoms with E-state index < -0.39 is 0 Å². The van der Waals surface area contributed by atoms with Crippen LogP contribution in [-0.2, 0) is 9.53 Å². The second-order valence-corrected chi connectivity index (χ2v) is 8.49. The maximum atomic E-state index is 12.8. The molecule has 2 rings (SSSR count). The summed E-state index contributed by atoms with van der Waals surface area (Å²) in [5, 5.41) is 0. The summed E-state index contributed by atoms with van der Waals surface area (Å²) in [4.78, 5) is 15.4. The Morgan fingerprint density at radius 1 is 0.826 bits per heavy atom. The molecule has 23 heavy (non-hydrogen) atoms. The normalized spacial score (nSPS) is 26.7. The van der Waals surface area contributed by atoms with Crippen LogP contribution in [0.3, 0.4) is 0 Å². The molecule has 0 N–H and O–H groups in total. The van der Waals surface area contributed by atoms with Crippen molar-refractivity contribution in [2.24, 2.45) is 0 Å². The lowest BCUT2D eigenvalue weighted by Gasteiger charge is -2.40. The minimum atomic E-state index is -0.383. The van der Waals surface area contributed by atoms with Gasteiger partial charge in [-0.05, 0) is 53.0 Å². The number of rotatable bonds is 2. The van der Waals surface area contributed by atoms with E-state index in [1.807, 2.05) is 20.8 Å². The first-order valence-corrected chi connectivity index (χ1v) is 9.96. The van der Waals surface area contributed by atoms with E-state index in [9.17, 15) is 4.79 Å². The third kappa shape index (κ3) is 6.45. The Hall–Kier alpha value is -0.570. The molecular weight excluding hydrogens is 286 g/mol. The molecule has 1 saturated heterocycles. The van der Waals surface area contributed by atoms with Crippen molar-refractivity contribution in [3.63, 3.8) is 0 Å². The molecule has 2 aliphatic rings. The number of carbonyl (C=O) groups excluding carboxylic acids is 1. The molecular formula is C20H37NO2. The van der Waals surface area contributed by atoms with Crippen LogP contribution in [0.25, 0.3) is 0 Å². The van der Waals surface area contributed by atoms with E-state index in [0.717, 1.165) is 19.4 Å². The first-order chi connectivity index (χ1) is 11.0. The minimum Gasteiger partial charge on any atom is -0.459 e. The van der Waals surface area contributed by atoms with Gasteiger partial charge in [-0.25, -0.2) is 0 Å². The fourth-order valence-electron chi connectivity index (χ4n) is 4.13. The maximum absolute atomic E-state index is 12.8. The van der Waals surface area contributed by atoms with Crippen LogP contribution >= 0.6 is 0 Å². The smallest absolute Gasteiger partial charge is 0.323 e. The highest BCUT2D eigenvalue weighted by Crippen LogP contribution is 2.28. The van der Waals surface area contributed by atoms with Crippen molar-refractivity contribution in [2.45, 2.75) is 116 Å². The summed E-state index contributed by atoms with van der Waals surface area (Å²) < 4.78 is 5.77. The number of esters is 1. The lowest BCUT2D eigenvalue weighted by molar-refractivity contribution is -0.163. The highest BCUT2D eigenvalue weighted by molar-refractivity contribution is 5.76. The quantitative estimate of drug-likeness (QED) is 0.664. The Balaban J connectivity index is 2.09. The molecule has 0 amide bonds. The van der Waals surface area contributed by atoms with Crippen molar-refractivity contribution in [2.75, 3.05) is 6.54 Å². The van der Waals surface area contributed by atoms with Gasteiger partial charge in [0.05, 0.1) is 0 Å². The molecule has 1 aliphatic heterocycles. The lowest BCUT2D eigenvalue weighted by Crippen LogP contribution is -2.50. The summed E-state index contributed by atoms with van der Waals surface area (Å²) >= 11 is 0. The van der Waals surface area contributed by atoms with Gasteiger partial charge >= 0.3 is 5.97 Å². The Bertz CT molecular complexity index is 353. The van der Waals surface area contributed by atoms with Gasteiger partial charge in [-0.2, -0.15) is 0 Å². The predicted molar refractivity (Wildman–Crippen MR) is 95.5 cm³/mol. The van der Waals surface area contributed by atoms with Gasteiger partial charge in [-0.1, -0.05) is 51.4 Å². The molecule has 3 heteroatoms. The molecule has 0 spiro atoms. The molecule has 0 radical (unpaired) electrons. The Labute approximate surface area is 143 Å². The third-order valence-corrected chi connectivity index (χ3v) is 5.27. The summed E-state index contributed by atoms with van der Waals surface area (Å²) in [5.74, 6) is 0.0152. The van der Waals surface area contributed by atoms with E-state index in [2.05, 4.69) is 4.90 Å². The van der Waals surface area contributed by atoms with Gasteiger partial charge in [-0.3, -0.25) is 9.69 Å². The number of likely N-dealkylation sites (tertiary alicyclic amines) is 1. The highest BCUT2D eigenvalue weighted by atomic mass is 16.6. The van der Waals surface area contributed by atoms with Crippen LogP contribution in [0.5, 0.6) is 0 Å². The van der Waals surface area contributed by atoms with E-state index in [4.69, 9.17) is 4.74 Å². The van der Waals surface area contributed by atoms with Crippen molar-refractivity contribution >= 4 is 5.97 Å². The van der Waals surface area contributed by atoms with Crippen LogP contribution in [0, 0.1) is 0 Å². The molecule has 1 aliphatic carbocycles. The summed E-state index contributed by atoms with van der Waals surface area (Å²) in [5.41, 5.74) is -0.383. The molecule has 0 aromatic rings. The van der Waals surface area contributed by atoms with Crippen molar-refractivity contribution in [1.29, 1.82) is 0 Å². The topological polar surface area (TPSA) is 29.5 Å². The molecule has 0 aromatic carbocycles. The van der Waals surface area contributed by atoms with Crippen LogP contribution in [0.2, 0.25) is 0 Å². The van der Waals surface area contributed by atoms with E-state index in [1.54, 1.807) is 0 Å². The van der Waals surface area contributed by atoms with Crippen molar-refractivity contribution < 1.29 is 9.53 Å². The van der Waals surface area contributed by atoms with Gasteiger partial charge in [0.25, 0.3) is 0 Å². The predicted octanol–water partition coefficient (Wildman–Crippen LogP) is 5.08. The van der Waals surface area contributed by atoms with E-state index in [0.29, 0.717) is 6.04 Å². The molecule has 0 aromatic heterocycles. The summed E-state index contributed by atoms with van der Waals surface area (Å²) in [6, 6.07) is 0.574. The number of nitrogens with zero attached hydrogens (tertiary/aromatic N) is 1. The molecule has 1 saturated carbocycles. The third-order valence-electron chi connectivity index (χ3n) is 5.27. The molecule has 2 fully saturated rings. The zero-order chi connectivity index (χ0) is 16.7. The van der Waals surface area contributed by atoms with Gasteiger partial charge in [0.15, 0.2) is 0 Å². The standard InChI is InChI=1S/C20H37NO2/c1-20(2,3)23-19(22)18-15-11-7-8-12-16-21(18)17-13-9-5-4-6-10-14-17/h17-18H,4-16H2,1-3H3. The fraction of sp³-hybridized carbons (Fsp3) is 0.950. The molecule has 1 unspecified atom stereocenters. The van der Waals surface area contributed by atoms with E-state index >= 15 is 0 Å². The van der Waals surface area contributed by atoms with Crippen molar-refractivity contribution in [3.05, 3.63) is 0 Å². The zero-order valence-electron chi connectivity index (χ0n) is 15.6. The van der Waals surface area contributed by atoms with Crippen LogP contribution in [0.4, 0.5) is 0 Å². The Kier molecular flexibility index (Phi) is 7.39. The molecule has 134 valence electrons. The van der Waals surface area contributed by atoms with Crippen molar-refractivity contribution in [1.82, 2.24) is 4.90 Å². The summed E-state index contributed by atoms with van der Waals surface area (Å²) in [6.07, 6.45) is 15.2. The minimum absolute atomic E-state index is 0.0149. The van der Waals surface area contributed by atoms with Gasteiger partial charge in [-0.15, -0.1) is 0 Å². The van der Waals surface area contributed by atoms with Crippen LogP contribution in [-0.4, -0.2) is 35.1 Å². The van der Waals surface area contributed by atoms with Gasteiger partial charge in [0.1, 0.15) is 11.6 Å². The Morgan fingerprint density at radius 3 is 1.96 bits per heavy atom. The van der Waals surface area contributed by atoms with Gasteiger partial charge in [0.2, 0.25) is 0 Å².